The first-order valence-electron chi connectivity index (χ1n) is 8.72. The number of aromatic amines is 1. The molecule has 4 rings (SSSR count). The maximum Gasteiger partial charge on any atom is 0.274 e. The average molecular weight is 372 g/mol. The molecule has 4 heterocycles. The first-order valence-corrected chi connectivity index (χ1v) is 8.72. The van der Waals surface area contributed by atoms with Gasteiger partial charge in [0.2, 0.25) is 5.91 Å². The summed E-state index contributed by atoms with van der Waals surface area (Å²) < 4.78 is 12.0. The number of aromatic nitrogens is 5. The molecule has 10 heteroatoms. The van der Waals surface area contributed by atoms with Gasteiger partial charge in [-0.1, -0.05) is 5.16 Å². The summed E-state index contributed by atoms with van der Waals surface area (Å²) in [6.07, 6.45) is 0.668. The van der Waals surface area contributed by atoms with Crippen LogP contribution >= 0.6 is 0 Å². The molecule has 1 fully saturated rings. The standard InChI is InChI=1S/C17H20N6O4/c1-9-4-16(25)23-17(18-9)20-14(21-23)6-15(24)19-13-8-26-7-11(13)5-12-3-10(2)22-27-12/h3-4,11,13H,5-8H2,1-2H3,(H,19,24)(H,18,20,21)/t11-,13+/m0/s1. The van der Waals surface area contributed by atoms with Crippen molar-refractivity contribution < 1.29 is 14.1 Å². The number of amides is 1. The third-order valence-corrected chi connectivity index (χ3v) is 4.52. The van der Waals surface area contributed by atoms with Crippen molar-refractivity contribution in [3.8, 4) is 0 Å². The van der Waals surface area contributed by atoms with E-state index in [0.29, 0.717) is 31.2 Å². The van der Waals surface area contributed by atoms with Gasteiger partial charge in [-0.2, -0.15) is 9.50 Å². The number of carbonyl (C=O) groups excluding carboxylic acids is 1. The Bertz CT molecular complexity index is 1040. The molecule has 1 aliphatic heterocycles. The second kappa shape index (κ2) is 6.95. The Hall–Kier alpha value is -3.01. The summed E-state index contributed by atoms with van der Waals surface area (Å²) in [5.74, 6) is 1.33. The predicted octanol–water partition coefficient (Wildman–Crippen LogP) is -0.0612. The first-order chi connectivity index (χ1) is 13.0. The molecule has 1 aliphatic rings. The summed E-state index contributed by atoms with van der Waals surface area (Å²) in [4.78, 5) is 32.7. The molecule has 3 aromatic heterocycles. The number of nitrogens with zero attached hydrogens (tertiary/aromatic N) is 4. The number of carbonyl (C=O) groups is 1. The van der Waals surface area contributed by atoms with E-state index in [1.807, 2.05) is 13.0 Å². The Morgan fingerprint density at radius 3 is 2.93 bits per heavy atom. The molecule has 0 saturated carbocycles. The van der Waals surface area contributed by atoms with E-state index in [1.165, 1.54) is 10.6 Å². The van der Waals surface area contributed by atoms with Crippen molar-refractivity contribution in [2.45, 2.75) is 32.7 Å². The summed E-state index contributed by atoms with van der Waals surface area (Å²) in [6, 6.07) is 3.18. The van der Waals surface area contributed by atoms with E-state index in [1.54, 1.807) is 6.92 Å². The molecule has 0 aromatic carbocycles. The number of aryl methyl sites for hydroxylation is 2. The molecule has 1 saturated heterocycles. The molecular weight excluding hydrogens is 352 g/mol. The molecule has 0 unspecified atom stereocenters. The van der Waals surface area contributed by atoms with Gasteiger partial charge in [0, 0.05) is 30.2 Å². The van der Waals surface area contributed by atoms with Crippen molar-refractivity contribution >= 4 is 11.7 Å². The highest BCUT2D eigenvalue weighted by molar-refractivity contribution is 5.78. The normalized spacial score (nSPS) is 19.6. The van der Waals surface area contributed by atoms with Crippen molar-refractivity contribution in [1.82, 2.24) is 30.1 Å². The minimum atomic E-state index is -0.261. The number of fused-ring (bicyclic) bond motifs is 1. The number of nitrogens with one attached hydrogen (secondary N) is 2. The second-order valence-corrected chi connectivity index (χ2v) is 6.83. The van der Waals surface area contributed by atoms with E-state index in [4.69, 9.17) is 9.26 Å². The molecule has 10 nitrogen and oxygen atoms in total. The molecule has 3 aromatic rings. The van der Waals surface area contributed by atoms with Gasteiger partial charge in [0.25, 0.3) is 11.3 Å². The van der Waals surface area contributed by atoms with E-state index >= 15 is 0 Å². The average Bonchev–Trinajstić information content (AvgIpc) is 3.29. The lowest BCUT2D eigenvalue weighted by molar-refractivity contribution is -0.121. The largest absolute Gasteiger partial charge is 0.379 e. The summed E-state index contributed by atoms with van der Waals surface area (Å²) in [5.41, 5.74) is 1.15. The van der Waals surface area contributed by atoms with Gasteiger partial charge in [0.05, 0.1) is 31.4 Å². The molecule has 2 atom stereocenters. The molecule has 27 heavy (non-hydrogen) atoms. The van der Waals surface area contributed by atoms with Crippen LogP contribution in [0, 0.1) is 19.8 Å². The van der Waals surface area contributed by atoms with E-state index in [-0.39, 0.29) is 35.6 Å². The summed E-state index contributed by atoms with van der Waals surface area (Å²) in [6.45, 7) is 4.59. The minimum absolute atomic E-state index is 0.0203. The Balaban J connectivity index is 1.41. The molecule has 0 spiro atoms. The zero-order valence-corrected chi connectivity index (χ0v) is 15.1. The van der Waals surface area contributed by atoms with Gasteiger partial charge < -0.3 is 14.6 Å². The SMILES string of the molecule is Cc1cc(C[C@H]2COC[C@H]2NC(=O)Cc2nc3nc(C)cc(=O)n3[nH]2)on1. The minimum Gasteiger partial charge on any atom is -0.379 e. The summed E-state index contributed by atoms with van der Waals surface area (Å²) in [5, 5.41) is 9.68. The fourth-order valence-electron chi connectivity index (χ4n) is 3.26. The lowest BCUT2D eigenvalue weighted by Gasteiger charge is -2.17. The molecule has 0 aliphatic carbocycles. The summed E-state index contributed by atoms with van der Waals surface area (Å²) in [7, 11) is 0. The monoisotopic (exact) mass is 372 g/mol. The van der Waals surface area contributed by atoms with E-state index in [9.17, 15) is 9.59 Å². The Kier molecular flexibility index (Phi) is 4.48. The number of rotatable bonds is 5. The summed E-state index contributed by atoms with van der Waals surface area (Å²) >= 11 is 0. The van der Waals surface area contributed by atoms with Crippen molar-refractivity contribution in [2.75, 3.05) is 13.2 Å². The fraction of sp³-hybridized carbons (Fsp3) is 0.471. The van der Waals surface area contributed by atoms with Gasteiger partial charge in [-0.05, 0) is 13.8 Å². The van der Waals surface area contributed by atoms with Crippen molar-refractivity contribution in [3.05, 3.63) is 45.5 Å². The molecule has 142 valence electrons. The van der Waals surface area contributed by atoms with Crippen molar-refractivity contribution in [3.63, 3.8) is 0 Å². The van der Waals surface area contributed by atoms with Gasteiger partial charge in [-0.15, -0.1) is 0 Å². The fourth-order valence-corrected chi connectivity index (χ4v) is 3.26. The number of hydrogen-bond acceptors (Lipinski definition) is 7. The number of ether oxygens (including phenoxy) is 1. The Labute approximate surface area is 153 Å². The van der Waals surface area contributed by atoms with E-state index in [2.05, 4.69) is 25.5 Å². The van der Waals surface area contributed by atoms with Crippen LogP contribution in [0.2, 0.25) is 0 Å². The highest BCUT2D eigenvalue weighted by atomic mass is 16.5. The van der Waals surface area contributed by atoms with Crippen LogP contribution in [0.1, 0.15) is 23.0 Å². The maximum absolute atomic E-state index is 12.4. The van der Waals surface area contributed by atoms with Gasteiger partial charge in [0.15, 0.2) is 0 Å². The van der Waals surface area contributed by atoms with Gasteiger partial charge >= 0.3 is 0 Å². The highest BCUT2D eigenvalue weighted by Gasteiger charge is 2.31. The Morgan fingerprint density at radius 1 is 1.30 bits per heavy atom. The number of hydrogen-bond donors (Lipinski definition) is 2. The van der Waals surface area contributed by atoms with Gasteiger partial charge in [-0.25, -0.2) is 4.98 Å². The van der Waals surface area contributed by atoms with E-state index < -0.39 is 0 Å². The molecule has 2 N–H and O–H groups in total. The Morgan fingerprint density at radius 2 is 2.15 bits per heavy atom. The highest BCUT2D eigenvalue weighted by Crippen LogP contribution is 2.20. The van der Waals surface area contributed by atoms with Crippen molar-refractivity contribution in [1.29, 1.82) is 0 Å². The predicted molar refractivity (Wildman–Crippen MR) is 93.2 cm³/mol. The van der Waals surface area contributed by atoms with Crippen LogP contribution in [0.4, 0.5) is 0 Å². The van der Waals surface area contributed by atoms with Gasteiger partial charge in [0.1, 0.15) is 11.6 Å². The van der Waals surface area contributed by atoms with Gasteiger partial charge in [-0.3, -0.25) is 14.7 Å². The molecule has 0 bridgehead atoms. The van der Waals surface area contributed by atoms with Crippen LogP contribution in [0.25, 0.3) is 5.78 Å². The lowest BCUT2D eigenvalue weighted by atomic mass is 9.98. The maximum atomic E-state index is 12.4. The third kappa shape index (κ3) is 3.75. The molecule has 0 radical (unpaired) electrons. The topological polar surface area (TPSA) is 127 Å². The molecule has 1 amide bonds. The first kappa shape index (κ1) is 17.4. The third-order valence-electron chi connectivity index (χ3n) is 4.52. The molecular formula is C17H20N6O4. The van der Waals surface area contributed by atoms with Crippen LogP contribution in [0.15, 0.2) is 21.5 Å². The van der Waals surface area contributed by atoms with Crippen LogP contribution in [0.5, 0.6) is 0 Å². The van der Waals surface area contributed by atoms with Crippen LogP contribution in [0.3, 0.4) is 0 Å². The van der Waals surface area contributed by atoms with Crippen molar-refractivity contribution in [2.24, 2.45) is 5.92 Å². The zero-order valence-electron chi connectivity index (χ0n) is 15.1. The van der Waals surface area contributed by atoms with Crippen LogP contribution in [-0.4, -0.2) is 49.9 Å². The van der Waals surface area contributed by atoms with Crippen LogP contribution in [-0.2, 0) is 22.4 Å². The van der Waals surface area contributed by atoms with Crippen LogP contribution < -0.4 is 10.9 Å². The quantitative estimate of drug-likeness (QED) is 0.642. The smallest absolute Gasteiger partial charge is 0.274 e. The van der Waals surface area contributed by atoms with E-state index in [0.717, 1.165) is 11.5 Å². The zero-order chi connectivity index (χ0) is 19.0. The lowest BCUT2D eigenvalue weighted by Crippen LogP contribution is -2.41. The second-order valence-electron chi connectivity index (χ2n) is 6.83. The number of H-pyrrole nitrogens is 1.